The molecule has 0 fully saturated rings. The summed E-state index contributed by atoms with van der Waals surface area (Å²) >= 11 is 0. The zero-order valence-electron chi connectivity index (χ0n) is 13.9. The minimum absolute atomic E-state index is 0.00370. The first-order valence-corrected chi connectivity index (χ1v) is 7.94. The zero-order valence-corrected chi connectivity index (χ0v) is 13.9. The van der Waals surface area contributed by atoms with E-state index in [9.17, 15) is 4.79 Å². The molecule has 5 nitrogen and oxygen atoms in total. The lowest BCUT2D eigenvalue weighted by atomic mass is 10.2. The topological polar surface area (TPSA) is 48.0 Å². The van der Waals surface area contributed by atoms with Crippen molar-refractivity contribution in [3.63, 3.8) is 0 Å². The van der Waals surface area contributed by atoms with E-state index in [0.717, 1.165) is 11.3 Å². The molecule has 0 aromatic heterocycles. The SMILES string of the molecule is Cc1ccc(OCC(=O)N(C)C[C@H]2COc3ccccc3O2)cc1. The number of para-hydroxylation sites is 2. The molecule has 0 bridgehead atoms. The highest BCUT2D eigenvalue weighted by atomic mass is 16.6. The first-order chi connectivity index (χ1) is 11.6. The molecule has 0 radical (unpaired) electrons. The van der Waals surface area contributed by atoms with E-state index in [0.29, 0.717) is 24.7 Å². The van der Waals surface area contributed by atoms with Crippen molar-refractivity contribution in [1.82, 2.24) is 4.90 Å². The van der Waals surface area contributed by atoms with Gasteiger partial charge in [0.05, 0.1) is 6.54 Å². The second-order valence-corrected chi connectivity index (χ2v) is 5.87. The van der Waals surface area contributed by atoms with Gasteiger partial charge in [-0.05, 0) is 31.2 Å². The van der Waals surface area contributed by atoms with Gasteiger partial charge in [-0.3, -0.25) is 4.79 Å². The third kappa shape index (κ3) is 3.98. The normalized spacial score (nSPS) is 15.7. The van der Waals surface area contributed by atoms with Crippen LogP contribution in [0.3, 0.4) is 0 Å². The Labute approximate surface area is 141 Å². The van der Waals surface area contributed by atoms with Crippen LogP contribution < -0.4 is 14.2 Å². The van der Waals surface area contributed by atoms with Gasteiger partial charge in [0.25, 0.3) is 5.91 Å². The smallest absolute Gasteiger partial charge is 0.260 e. The van der Waals surface area contributed by atoms with E-state index in [1.165, 1.54) is 0 Å². The van der Waals surface area contributed by atoms with Crippen LogP contribution in [-0.2, 0) is 4.79 Å². The molecule has 0 saturated heterocycles. The number of amides is 1. The van der Waals surface area contributed by atoms with Crippen molar-refractivity contribution < 1.29 is 19.0 Å². The molecule has 0 N–H and O–H groups in total. The molecule has 0 spiro atoms. The Morgan fingerprint density at radius 3 is 2.62 bits per heavy atom. The molecule has 2 aromatic rings. The van der Waals surface area contributed by atoms with Crippen LogP contribution >= 0.6 is 0 Å². The van der Waals surface area contributed by atoms with Gasteiger partial charge in [0, 0.05) is 7.05 Å². The monoisotopic (exact) mass is 327 g/mol. The van der Waals surface area contributed by atoms with E-state index < -0.39 is 0 Å². The van der Waals surface area contributed by atoms with Crippen LogP contribution in [0.5, 0.6) is 17.2 Å². The number of carbonyl (C=O) groups is 1. The van der Waals surface area contributed by atoms with Crippen molar-refractivity contribution in [3.8, 4) is 17.2 Å². The molecule has 1 aliphatic heterocycles. The maximum absolute atomic E-state index is 12.2. The van der Waals surface area contributed by atoms with E-state index in [-0.39, 0.29) is 18.6 Å². The first kappa shape index (κ1) is 16.2. The number of fused-ring (bicyclic) bond motifs is 1. The number of benzene rings is 2. The number of aryl methyl sites for hydroxylation is 1. The van der Waals surface area contributed by atoms with E-state index >= 15 is 0 Å². The number of ether oxygens (including phenoxy) is 3. The molecule has 24 heavy (non-hydrogen) atoms. The molecule has 2 aromatic carbocycles. The average molecular weight is 327 g/mol. The maximum Gasteiger partial charge on any atom is 0.260 e. The van der Waals surface area contributed by atoms with Gasteiger partial charge in [0.15, 0.2) is 24.2 Å². The minimum Gasteiger partial charge on any atom is -0.486 e. The Balaban J connectivity index is 1.49. The largest absolute Gasteiger partial charge is 0.486 e. The van der Waals surface area contributed by atoms with Crippen molar-refractivity contribution in [2.75, 3.05) is 26.8 Å². The standard InChI is InChI=1S/C19H21NO4/c1-14-7-9-15(10-8-14)22-13-19(21)20(2)11-16-12-23-17-5-3-4-6-18(17)24-16/h3-10,16H,11-13H2,1-2H3/t16-/m0/s1. The van der Waals surface area contributed by atoms with Gasteiger partial charge >= 0.3 is 0 Å². The Morgan fingerprint density at radius 2 is 1.88 bits per heavy atom. The van der Waals surface area contributed by atoms with E-state index in [1.54, 1.807) is 11.9 Å². The molecule has 0 unspecified atom stereocenters. The summed E-state index contributed by atoms with van der Waals surface area (Å²) in [4.78, 5) is 13.8. The third-order valence-electron chi connectivity index (χ3n) is 3.85. The van der Waals surface area contributed by atoms with E-state index in [2.05, 4.69) is 0 Å². The number of rotatable bonds is 5. The highest BCUT2D eigenvalue weighted by Crippen LogP contribution is 2.30. The van der Waals surface area contributed by atoms with Gasteiger partial charge in [0.2, 0.25) is 0 Å². The summed E-state index contributed by atoms with van der Waals surface area (Å²) in [6.45, 7) is 2.88. The van der Waals surface area contributed by atoms with Gasteiger partial charge in [0.1, 0.15) is 12.4 Å². The van der Waals surface area contributed by atoms with E-state index in [4.69, 9.17) is 14.2 Å². The predicted molar refractivity (Wildman–Crippen MR) is 90.7 cm³/mol. The van der Waals surface area contributed by atoms with Gasteiger partial charge in [-0.15, -0.1) is 0 Å². The first-order valence-electron chi connectivity index (χ1n) is 7.94. The van der Waals surface area contributed by atoms with Gasteiger partial charge in [-0.2, -0.15) is 0 Å². The fourth-order valence-corrected chi connectivity index (χ4v) is 2.45. The summed E-state index contributed by atoms with van der Waals surface area (Å²) in [5, 5.41) is 0. The Hall–Kier alpha value is -2.69. The third-order valence-corrected chi connectivity index (χ3v) is 3.85. The van der Waals surface area contributed by atoms with Crippen LogP contribution in [0.2, 0.25) is 0 Å². The fraction of sp³-hybridized carbons (Fsp3) is 0.316. The minimum atomic E-state index is -0.187. The van der Waals surface area contributed by atoms with Crippen molar-refractivity contribution in [3.05, 3.63) is 54.1 Å². The lowest BCUT2D eigenvalue weighted by Crippen LogP contribution is -2.43. The Bertz CT molecular complexity index is 699. The summed E-state index contributed by atoms with van der Waals surface area (Å²) in [6.07, 6.45) is -0.187. The fourth-order valence-electron chi connectivity index (χ4n) is 2.45. The molecule has 5 heteroatoms. The second kappa shape index (κ2) is 7.25. The molecule has 1 aliphatic rings. The average Bonchev–Trinajstić information content (AvgIpc) is 2.61. The van der Waals surface area contributed by atoms with Gasteiger partial charge < -0.3 is 19.1 Å². The number of likely N-dealkylation sites (N-methyl/N-ethyl adjacent to an activating group) is 1. The van der Waals surface area contributed by atoms with Crippen molar-refractivity contribution in [1.29, 1.82) is 0 Å². The molecule has 1 atom stereocenters. The van der Waals surface area contributed by atoms with E-state index in [1.807, 2.05) is 55.5 Å². The Kier molecular flexibility index (Phi) is 4.89. The molecule has 0 saturated carbocycles. The van der Waals surface area contributed by atoms with Gasteiger partial charge in [-0.25, -0.2) is 0 Å². The van der Waals surface area contributed by atoms with Crippen molar-refractivity contribution in [2.24, 2.45) is 0 Å². The van der Waals surface area contributed by atoms with Crippen molar-refractivity contribution >= 4 is 5.91 Å². The summed E-state index contributed by atoms with van der Waals surface area (Å²) < 4.78 is 17.1. The molecule has 1 heterocycles. The van der Waals surface area contributed by atoms with Crippen LogP contribution in [0.4, 0.5) is 0 Å². The lowest BCUT2D eigenvalue weighted by Gasteiger charge is -2.29. The number of carbonyl (C=O) groups excluding carboxylic acids is 1. The highest BCUT2D eigenvalue weighted by molar-refractivity contribution is 5.77. The number of hydrogen-bond acceptors (Lipinski definition) is 4. The summed E-state index contributed by atoms with van der Waals surface area (Å²) in [5.74, 6) is 2.04. The molecular weight excluding hydrogens is 306 g/mol. The van der Waals surface area contributed by atoms with Crippen LogP contribution in [0.25, 0.3) is 0 Å². The summed E-state index contributed by atoms with van der Waals surface area (Å²) in [7, 11) is 1.74. The molecule has 0 aliphatic carbocycles. The second-order valence-electron chi connectivity index (χ2n) is 5.87. The lowest BCUT2D eigenvalue weighted by molar-refractivity contribution is -0.133. The predicted octanol–water partition coefficient (Wildman–Crippen LogP) is 2.67. The molecule has 3 rings (SSSR count). The summed E-state index contributed by atoms with van der Waals surface area (Å²) in [5.41, 5.74) is 1.15. The molecular formula is C19H21NO4. The number of nitrogens with zero attached hydrogens (tertiary/aromatic N) is 1. The van der Waals surface area contributed by atoms with Crippen molar-refractivity contribution in [2.45, 2.75) is 13.0 Å². The quantitative estimate of drug-likeness (QED) is 0.847. The number of hydrogen-bond donors (Lipinski definition) is 0. The summed E-state index contributed by atoms with van der Waals surface area (Å²) in [6, 6.07) is 15.2. The Morgan fingerprint density at radius 1 is 1.17 bits per heavy atom. The molecule has 126 valence electrons. The highest BCUT2D eigenvalue weighted by Gasteiger charge is 2.23. The maximum atomic E-state index is 12.2. The van der Waals surface area contributed by atoms with Crippen LogP contribution in [0.1, 0.15) is 5.56 Å². The van der Waals surface area contributed by atoms with Crippen LogP contribution in [0.15, 0.2) is 48.5 Å². The van der Waals surface area contributed by atoms with Gasteiger partial charge in [-0.1, -0.05) is 29.8 Å². The molecule has 1 amide bonds. The van der Waals surface area contributed by atoms with Crippen LogP contribution in [0, 0.1) is 6.92 Å². The zero-order chi connectivity index (χ0) is 16.9. The van der Waals surface area contributed by atoms with Crippen LogP contribution in [-0.4, -0.2) is 43.7 Å².